The number of aromatic hydroxyl groups is 1. The van der Waals surface area contributed by atoms with E-state index in [4.69, 9.17) is 26.2 Å². The smallest absolute Gasteiger partial charge is 0.306 e. The Hall–Kier alpha value is -1.76. The number of halogens is 1. The fourth-order valence-corrected chi connectivity index (χ4v) is 3.73. The number of alkyl halides is 1. The third-order valence-electron chi connectivity index (χ3n) is 4.68. The van der Waals surface area contributed by atoms with Crippen LogP contribution in [0.5, 0.6) is 11.5 Å². The summed E-state index contributed by atoms with van der Waals surface area (Å²) >= 11 is 6.41. The van der Waals surface area contributed by atoms with E-state index < -0.39 is 6.10 Å². The molecule has 1 aromatic rings. The molecule has 0 saturated heterocycles. The van der Waals surface area contributed by atoms with Crippen molar-refractivity contribution in [1.29, 1.82) is 0 Å². The fraction of sp³-hybridized carbons (Fsp3) is 0.550. The first-order valence-electron chi connectivity index (χ1n) is 9.16. The van der Waals surface area contributed by atoms with Crippen LogP contribution in [-0.2, 0) is 9.53 Å². The highest BCUT2D eigenvalue weighted by Gasteiger charge is 2.41. The average Bonchev–Trinajstić information content (AvgIpc) is 2.91. The third-order valence-corrected chi connectivity index (χ3v) is 5.18. The summed E-state index contributed by atoms with van der Waals surface area (Å²) in [5.74, 6) is 0.311. The summed E-state index contributed by atoms with van der Waals surface area (Å²) in [4.78, 5) is 11.4. The number of allylic oxidation sites excluding steroid dienone is 2. The van der Waals surface area contributed by atoms with E-state index in [-0.39, 0.29) is 48.6 Å². The number of carbonyl (C=O) groups excluding carboxylic acids is 1. The average molecular weight is 399 g/mol. The molecular formula is C20H27ClO6. The molecule has 1 aliphatic rings. The van der Waals surface area contributed by atoms with Crippen LogP contribution in [0.15, 0.2) is 36.4 Å². The monoisotopic (exact) mass is 398 g/mol. The first-order valence-corrected chi connectivity index (χ1v) is 9.60. The van der Waals surface area contributed by atoms with Gasteiger partial charge in [0.05, 0.1) is 19.3 Å². The number of phenols is 1. The first kappa shape index (κ1) is 21.5. The van der Waals surface area contributed by atoms with Crippen LogP contribution < -0.4 is 4.74 Å². The van der Waals surface area contributed by atoms with Gasteiger partial charge < -0.3 is 24.8 Å². The van der Waals surface area contributed by atoms with E-state index in [0.29, 0.717) is 31.6 Å². The van der Waals surface area contributed by atoms with Crippen molar-refractivity contribution in [1.82, 2.24) is 0 Å². The molecule has 1 aromatic carbocycles. The molecule has 0 amide bonds. The second kappa shape index (κ2) is 11.2. The van der Waals surface area contributed by atoms with Crippen molar-refractivity contribution in [2.75, 3.05) is 19.8 Å². The number of esters is 1. The molecule has 150 valence electrons. The van der Waals surface area contributed by atoms with E-state index in [1.165, 1.54) is 6.07 Å². The Morgan fingerprint density at radius 1 is 1.30 bits per heavy atom. The molecule has 4 atom stereocenters. The minimum Gasteiger partial charge on any atom is -0.508 e. The lowest BCUT2D eigenvalue weighted by atomic mass is 9.92. The topological polar surface area (TPSA) is 96.2 Å². The van der Waals surface area contributed by atoms with Crippen LogP contribution in [0, 0.1) is 11.8 Å². The molecule has 6 nitrogen and oxygen atoms in total. The van der Waals surface area contributed by atoms with Crippen molar-refractivity contribution < 1.29 is 29.6 Å². The highest BCUT2D eigenvalue weighted by atomic mass is 35.5. The summed E-state index contributed by atoms with van der Waals surface area (Å²) in [6, 6.07) is 6.56. The van der Waals surface area contributed by atoms with Gasteiger partial charge in [0.1, 0.15) is 18.1 Å². The lowest BCUT2D eigenvalue weighted by molar-refractivity contribution is -0.144. The van der Waals surface area contributed by atoms with E-state index in [2.05, 4.69) is 0 Å². The van der Waals surface area contributed by atoms with Gasteiger partial charge in [-0.1, -0.05) is 18.2 Å². The molecule has 1 aliphatic carbocycles. The molecule has 0 spiro atoms. The lowest BCUT2D eigenvalue weighted by Gasteiger charge is -2.22. The molecule has 0 unspecified atom stereocenters. The zero-order valence-electron chi connectivity index (χ0n) is 15.2. The molecule has 1 fully saturated rings. The van der Waals surface area contributed by atoms with Gasteiger partial charge in [-0.3, -0.25) is 4.79 Å². The zero-order chi connectivity index (χ0) is 19.6. The van der Waals surface area contributed by atoms with Crippen LogP contribution in [0.1, 0.15) is 25.7 Å². The quantitative estimate of drug-likeness (QED) is 0.318. The highest BCUT2D eigenvalue weighted by Crippen LogP contribution is 2.39. The summed E-state index contributed by atoms with van der Waals surface area (Å²) in [5.41, 5.74) is 0. The SMILES string of the molecule is O=C(CC/C=C\C[C@@H]1[C@@H](COc2cccc(O)c2)[C@H](O)C[C@H]1Cl)OCCO. The molecule has 0 aromatic heterocycles. The number of benzene rings is 1. The Morgan fingerprint density at radius 2 is 2.11 bits per heavy atom. The number of hydrogen-bond donors (Lipinski definition) is 3. The molecule has 2 rings (SSSR count). The van der Waals surface area contributed by atoms with Crippen molar-refractivity contribution in [2.45, 2.75) is 37.2 Å². The molecule has 0 heterocycles. The Morgan fingerprint density at radius 3 is 2.85 bits per heavy atom. The van der Waals surface area contributed by atoms with E-state index in [9.17, 15) is 15.0 Å². The van der Waals surface area contributed by atoms with E-state index in [1.807, 2.05) is 12.2 Å². The van der Waals surface area contributed by atoms with Crippen molar-refractivity contribution in [2.24, 2.45) is 11.8 Å². The fourth-order valence-electron chi connectivity index (χ4n) is 3.26. The molecule has 0 bridgehead atoms. The van der Waals surface area contributed by atoms with Gasteiger partial charge in [-0.25, -0.2) is 0 Å². The van der Waals surface area contributed by atoms with Crippen molar-refractivity contribution in [3.63, 3.8) is 0 Å². The molecular weight excluding hydrogens is 372 g/mol. The maximum atomic E-state index is 11.4. The number of carbonyl (C=O) groups is 1. The molecule has 27 heavy (non-hydrogen) atoms. The Labute approximate surface area is 164 Å². The molecule has 3 N–H and O–H groups in total. The van der Waals surface area contributed by atoms with Gasteiger partial charge in [0.25, 0.3) is 0 Å². The van der Waals surface area contributed by atoms with Crippen molar-refractivity contribution in [3.05, 3.63) is 36.4 Å². The van der Waals surface area contributed by atoms with Gasteiger partial charge in [0, 0.05) is 23.8 Å². The number of aliphatic hydroxyl groups excluding tert-OH is 2. The minimum absolute atomic E-state index is 0.0251. The van der Waals surface area contributed by atoms with Gasteiger partial charge >= 0.3 is 5.97 Å². The van der Waals surface area contributed by atoms with Crippen LogP contribution in [0.3, 0.4) is 0 Å². The summed E-state index contributed by atoms with van der Waals surface area (Å²) in [7, 11) is 0. The third kappa shape index (κ3) is 7.05. The molecule has 0 radical (unpaired) electrons. The van der Waals surface area contributed by atoms with Gasteiger partial charge in [0.2, 0.25) is 0 Å². The van der Waals surface area contributed by atoms with Crippen molar-refractivity contribution >= 4 is 17.6 Å². The summed E-state index contributed by atoms with van der Waals surface area (Å²) in [5, 5.41) is 28.3. The molecule has 1 saturated carbocycles. The maximum Gasteiger partial charge on any atom is 0.306 e. The van der Waals surface area contributed by atoms with E-state index in [0.717, 1.165) is 0 Å². The van der Waals surface area contributed by atoms with Crippen LogP contribution in [0.4, 0.5) is 0 Å². The number of phenolic OH excluding ortho intramolecular Hbond substituents is 1. The number of aliphatic hydroxyl groups is 2. The zero-order valence-corrected chi connectivity index (χ0v) is 15.9. The lowest BCUT2D eigenvalue weighted by Crippen LogP contribution is -2.27. The van der Waals surface area contributed by atoms with Gasteiger partial charge in [0.15, 0.2) is 0 Å². The maximum absolute atomic E-state index is 11.4. The minimum atomic E-state index is -0.531. The Kier molecular flexibility index (Phi) is 8.91. The summed E-state index contributed by atoms with van der Waals surface area (Å²) in [6.45, 7) is 0.173. The predicted octanol–water partition coefficient (Wildman–Crippen LogP) is 2.64. The largest absolute Gasteiger partial charge is 0.508 e. The van der Waals surface area contributed by atoms with Crippen LogP contribution in [0.2, 0.25) is 0 Å². The molecule has 0 aliphatic heterocycles. The van der Waals surface area contributed by atoms with Crippen molar-refractivity contribution in [3.8, 4) is 11.5 Å². The second-order valence-electron chi connectivity index (χ2n) is 6.64. The van der Waals surface area contributed by atoms with E-state index in [1.54, 1.807) is 18.2 Å². The van der Waals surface area contributed by atoms with Crippen LogP contribution in [-0.4, -0.2) is 52.6 Å². The standard InChI is InChI=1S/C20H27ClO6/c21-18-12-19(24)17(13-27-15-6-4-5-14(23)11-15)16(18)7-2-1-3-8-20(25)26-10-9-22/h1-2,4-6,11,16-19,22-24H,3,7-10,12-13H2/b2-1-/t16-,17-,18-,19-/m1/s1. The summed E-state index contributed by atoms with van der Waals surface area (Å²) in [6.07, 6.45) is 5.36. The second-order valence-corrected chi connectivity index (χ2v) is 7.21. The summed E-state index contributed by atoms with van der Waals surface area (Å²) < 4.78 is 10.5. The normalized spacial score (nSPS) is 25.0. The Balaban J connectivity index is 1.80. The predicted molar refractivity (Wildman–Crippen MR) is 102 cm³/mol. The van der Waals surface area contributed by atoms with Crippen LogP contribution >= 0.6 is 11.6 Å². The van der Waals surface area contributed by atoms with E-state index >= 15 is 0 Å². The van der Waals surface area contributed by atoms with Gasteiger partial charge in [-0.05, 0) is 37.3 Å². The molecule has 7 heteroatoms. The van der Waals surface area contributed by atoms with Gasteiger partial charge in [-0.15, -0.1) is 11.6 Å². The highest BCUT2D eigenvalue weighted by molar-refractivity contribution is 6.21. The van der Waals surface area contributed by atoms with Gasteiger partial charge in [-0.2, -0.15) is 0 Å². The Bertz CT molecular complexity index is 620. The van der Waals surface area contributed by atoms with Crippen LogP contribution in [0.25, 0.3) is 0 Å². The number of hydrogen-bond acceptors (Lipinski definition) is 6. The number of rotatable bonds is 10. The number of ether oxygens (including phenoxy) is 2. The first-order chi connectivity index (χ1) is 13.0.